The maximum atomic E-state index is 6.43. The first-order chi connectivity index (χ1) is 25.8. The van der Waals surface area contributed by atoms with Gasteiger partial charge in [0.15, 0.2) is 5.58 Å². The third-order valence-corrected chi connectivity index (χ3v) is 9.63. The molecule has 0 atom stereocenters. The summed E-state index contributed by atoms with van der Waals surface area (Å²) in [5, 5.41) is 4.19. The maximum absolute atomic E-state index is 6.43. The molecule has 5 nitrogen and oxygen atoms in total. The molecule has 10 aromatic rings. The number of aromatic nitrogens is 1. The van der Waals surface area contributed by atoms with Gasteiger partial charge in [0.1, 0.15) is 16.7 Å². The van der Waals surface area contributed by atoms with Crippen molar-refractivity contribution in [2.24, 2.45) is 0 Å². The number of anilines is 6. The molecule has 0 unspecified atom stereocenters. The van der Waals surface area contributed by atoms with Crippen molar-refractivity contribution in [3.05, 3.63) is 188 Å². The van der Waals surface area contributed by atoms with Gasteiger partial charge in [-0.2, -0.15) is 0 Å². The Morgan fingerprint density at radius 2 is 0.904 bits per heavy atom. The van der Waals surface area contributed by atoms with E-state index in [1.165, 1.54) is 0 Å². The zero-order chi connectivity index (χ0) is 34.4. The number of furan rings is 1. The summed E-state index contributed by atoms with van der Waals surface area (Å²) in [6, 6.07) is 65.0. The number of fused-ring (bicyclic) bond motifs is 6. The topological polar surface area (TPSA) is 45.7 Å². The smallest absolute Gasteiger partial charge is 0.227 e. The van der Waals surface area contributed by atoms with Crippen LogP contribution in [0.25, 0.3) is 55.3 Å². The fourth-order valence-electron chi connectivity index (χ4n) is 7.27. The Morgan fingerprint density at radius 1 is 0.346 bits per heavy atom. The number of oxazole rings is 1. The summed E-state index contributed by atoms with van der Waals surface area (Å²) in [5.74, 6) is 0.593. The predicted octanol–water partition coefficient (Wildman–Crippen LogP) is 13.5. The van der Waals surface area contributed by atoms with Crippen molar-refractivity contribution >= 4 is 77.9 Å². The molecule has 0 spiro atoms. The highest BCUT2D eigenvalue weighted by atomic mass is 16.3. The first-order valence-corrected chi connectivity index (χ1v) is 17.4. The largest absolute Gasteiger partial charge is 0.456 e. The van der Waals surface area contributed by atoms with Gasteiger partial charge in [0.2, 0.25) is 5.89 Å². The van der Waals surface area contributed by atoms with Crippen LogP contribution in [0.3, 0.4) is 0 Å². The maximum Gasteiger partial charge on any atom is 0.227 e. The second kappa shape index (κ2) is 12.3. The SMILES string of the molecule is c1ccc(-c2nc3c(ccc4c(N(c5ccccc5)c5ccc6oc7ccccc7c6c5)cc(N(c5ccccc5)c5ccccc5)cc43)o2)cc1. The van der Waals surface area contributed by atoms with Gasteiger partial charge in [-0.25, -0.2) is 4.98 Å². The van der Waals surface area contributed by atoms with Gasteiger partial charge in [0, 0.05) is 55.5 Å². The van der Waals surface area contributed by atoms with Gasteiger partial charge >= 0.3 is 0 Å². The molecule has 8 aromatic carbocycles. The van der Waals surface area contributed by atoms with Crippen LogP contribution < -0.4 is 9.80 Å². The van der Waals surface area contributed by atoms with Crippen molar-refractivity contribution in [3.8, 4) is 11.5 Å². The predicted molar refractivity (Wildman–Crippen MR) is 214 cm³/mol. The molecule has 10 rings (SSSR count). The van der Waals surface area contributed by atoms with E-state index in [1.54, 1.807) is 0 Å². The number of hydrogen-bond acceptors (Lipinski definition) is 5. The number of para-hydroxylation sites is 4. The summed E-state index contributed by atoms with van der Waals surface area (Å²) in [6.07, 6.45) is 0. The molecule has 0 saturated heterocycles. The monoisotopic (exact) mass is 669 g/mol. The van der Waals surface area contributed by atoms with Crippen molar-refractivity contribution in [1.29, 1.82) is 0 Å². The first kappa shape index (κ1) is 29.8. The van der Waals surface area contributed by atoms with Gasteiger partial charge in [0.25, 0.3) is 0 Å². The fraction of sp³-hybridized carbons (Fsp3) is 0. The molecule has 246 valence electrons. The molecule has 0 aliphatic rings. The second-order valence-corrected chi connectivity index (χ2v) is 12.8. The van der Waals surface area contributed by atoms with E-state index in [-0.39, 0.29) is 0 Å². The van der Waals surface area contributed by atoms with Crippen molar-refractivity contribution in [1.82, 2.24) is 4.98 Å². The van der Waals surface area contributed by atoms with Gasteiger partial charge in [-0.3, -0.25) is 0 Å². The van der Waals surface area contributed by atoms with Crippen molar-refractivity contribution < 1.29 is 8.83 Å². The van der Waals surface area contributed by atoms with Crippen molar-refractivity contribution in [2.45, 2.75) is 0 Å². The Kier molecular flexibility index (Phi) is 7.07. The van der Waals surface area contributed by atoms with Crippen LogP contribution in [0.15, 0.2) is 197 Å². The Morgan fingerprint density at radius 3 is 1.60 bits per heavy atom. The molecular weight excluding hydrogens is 639 g/mol. The average molecular weight is 670 g/mol. The molecular formula is C47H31N3O2. The number of benzene rings is 8. The lowest BCUT2D eigenvalue weighted by molar-refractivity contribution is 0.620. The molecule has 0 amide bonds. The highest BCUT2D eigenvalue weighted by molar-refractivity contribution is 6.13. The molecule has 0 fully saturated rings. The zero-order valence-corrected chi connectivity index (χ0v) is 28.1. The average Bonchev–Trinajstić information content (AvgIpc) is 3.82. The van der Waals surface area contributed by atoms with Crippen molar-refractivity contribution in [2.75, 3.05) is 9.80 Å². The van der Waals surface area contributed by atoms with Crippen LogP contribution in [0.2, 0.25) is 0 Å². The van der Waals surface area contributed by atoms with Gasteiger partial charge < -0.3 is 18.6 Å². The highest BCUT2D eigenvalue weighted by Crippen LogP contribution is 2.47. The van der Waals surface area contributed by atoms with Gasteiger partial charge in [-0.15, -0.1) is 0 Å². The minimum Gasteiger partial charge on any atom is -0.456 e. The van der Waals surface area contributed by atoms with E-state index in [4.69, 9.17) is 13.8 Å². The molecule has 2 heterocycles. The Bertz CT molecular complexity index is 2810. The van der Waals surface area contributed by atoms with Crippen LogP contribution in [0.4, 0.5) is 34.1 Å². The molecule has 5 heteroatoms. The normalized spacial score (nSPS) is 11.5. The summed E-state index contributed by atoms with van der Waals surface area (Å²) in [6.45, 7) is 0. The Hall–Kier alpha value is -7.11. The minimum atomic E-state index is 0.593. The van der Waals surface area contributed by atoms with E-state index in [9.17, 15) is 0 Å². The molecule has 0 aliphatic heterocycles. The van der Waals surface area contributed by atoms with Crippen molar-refractivity contribution in [3.63, 3.8) is 0 Å². The van der Waals surface area contributed by atoms with E-state index in [2.05, 4.69) is 149 Å². The van der Waals surface area contributed by atoms with Crippen LogP contribution in [0.1, 0.15) is 0 Å². The summed E-state index contributed by atoms with van der Waals surface area (Å²) < 4.78 is 12.7. The molecule has 52 heavy (non-hydrogen) atoms. The molecule has 0 aliphatic carbocycles. The molecule has 2 aromatic heterocycles. The quantitative estimate of drug-likeness (QED) is 0.169. The third-order valence-electron chi connectivity index (χ3n) is 9.63. The van der Waals surface area contributed by atoms with Crippen LogP contribution in [-0.2, 0) is 0 Å². The lowest BCUT2D eigenvalue weighted by Gasteiger charge is -2.30. The van der Waals surface area contributed by atoms with Gasteiger partial charge in [-0.05, 0) is 97.1 Å². The zero-order valence-electron chi connectivity index (χ0n) is 28.1. The first-order valence-electron chi connectivity index (χ1n) is 17.4. The van der Waals surface area contributed by atoms with E-state index < -0.39 is 0 Å². The molecule has 0 N–H and O–H groups in total. The second-order valence-electron chi connectivity index (χ2n) is 12.8. The van der Waals surface area contributed by atoms with Crippen LogP contribution in [-0.4, -0.2) is 4.98 Å². The fourth-order valence-corrected chi connectivity index (χ4v) is 7.27. The summed E-state index contributed by atoms with van der Waals surface area (Å²) >= 11 is 0. The minimum absolute atomic E-state index is 0.593. The van der Waals surface area contributed by atoms with E-state index in [0.717, 1.165) is 83.5 Å². The molecule has 0 bridgehead atoms. The molecule has 0 radical (unpaired) electrons. The number of nitrogens with zero attached hydrogens (tertiary/aromatic N) is 3. The Labute approximate surface area is 300 Å². The van der Waals surface area contributed by atoms with Gasteiger partial charge in [-0.1, -0.05) is 91.0 Å². The van der Waals surface area contributed by atoms with Gasteiger partial charge in [0.05, 0.1) is 5.69 Å². The van der Waals surface area contributed by atoms with Crippen LogP contribution >= 0.6 is 0 Å². The third kappa shape index (κ3) is 5.07. The summed E-state index contributed by atoms with van der Waals surface area (Å²) in [4.78, 5) is 9.80. The Balaban J connectivity index is 1.29. The van der Waals surface area contributed by atoms with E-state index in [0.29, 0.717) is 5.89 Å². The lowest BCUT2D eigenvalue weighted by atomic mass is 10.0. The number of rotatable bonds is 7. The summed E-state index contributed by atoms with van der Waals surface area (Å²) in [7, 11) is 0. The summed E-state index contributed by atoms with van der Waals surface area (Å²) in [5.41, 5.74) is 10.4. The molecule has 0 saturated carbocycles. The van der Waals surface area contributed by atoms with E-state index >= 15 is 0 Å². The van der Waals surface area contributed by atoms with Crippen LogP contribution in [0, 0.1) is 0 Å². The standard InChI is InChI=1S/C47H31N3O2/c1-5-15-32(16-6-1)47-48-46-41-30-37(49(33-17-7-2-8-18-33)34-19-9-3-10-20-34)31-42(38(41)26-28-45(46)52-47)50(35-21-11-4-12-22-35)36-25-27-44-40(29-36)39-23-13-14-24-43(39)51-44/h1-31H. The number of hydrogen-bond donors (Lipinski definition) is 0. The lowest BCUT2D eigenvalue weighted by Crippen LogP contribution is -2.13. The van der Waals surface area contributed by atoms with E-state index in [1.807, 2.05) is 48.5 Å². The highest BCUT2D eigenvalue weighted by Gasteiger charge is 2.23. The van der Waals surface area contributed by atoms with Crippen LogP contribution in [0.5, 0.6) is 0 Å².